The molecular formula is C43H41FN4O2. The minimum absolute atomic E-state index is 0.0950. The van der Waals surface area contributed by atoms with Crippen LogP contribution in [0.2, 0.25) is 0 Å². The third-order valence-corrected chi connectivity index (χ3v) is 8.63. The van der Waals surface area contributed by atoms with Crippen molar-refractivity contribution < 1.29 is 9.31 Å². The molecule has 0 radical (unpaired) electrons. The lowest BCUT2D eigenvalue weighted by molar-refractivity contribution is -0.385. The lowest BCUT2D eigenvalue weighted by Crippen LogP contribution is -2.38. The van der Waals surface area contributed by atoms with E-state index in [1.165, 1.54) is 12.1 Å². The molecule has 0 bridgehead atoms. The number of hydrogen-bond donors (Lipinski definition) is 3. The first kappa shape index (κ1) is 35.4. The summed E-state index contributed by atoms with van der Waals surface area (Å²) in [5, 5.41) is 29.5. The van der Waals surface area contributed by atoms with E-state index in [0.29, 0.717) is 22.4 Å². The number of nitrogens with one attached hydrogen (secondary N) is 3. The van der Waals surface area contributed by atoms with Crippen molar-refractivity contribution in [2.24, 2.45) is 0 Å². The molecule has 0 saturated carbocycles. The SMILES string of the molecule is C=C(C)/C=C(\C=C/C)C(=N)c1cc(CNC(C)c2ccc(F)cc2)c([N+](=O)[O-])cc1NC(c1ccccc1)(c1ccccc1)c1ccccc1. The molecule has 3 N–H and O–H groups in total. The summed E-state index contributed by atoms with van der Waals surface area (Å²) in [6, 6.07) is 39.1. The summed E-state index contributed by atoms with van der Waals surface area (Å²) in [5.41, 5.74) is 5.39. The van der Waals surface area contributed by atoms with Crippen molar-refractivity contribution in [3.63, 3.8) is 0 Å². The predicted octanol–water partition coefficient (Wildman–Crippen LogP) is 10.4. The van der Waals surface area contributed by atoms with Crippen LogP contribution in [0.25, 0.3) is 0 Å². The van der Waals surface area contributed by atoms with Gasteiger partial charge in [-0.3, -0.25) is 15.5 Å². The maximum Gasteiger partial charge on any atom is 0.275 e. The Labute approximate surface area is 293 Å². The first-order valence-corrected chi connectivity index (χ1v) is 16.5. The van der Waals surface area contributed by atoms with Crippen LogP contribution >= 0.6 is 0 Å². The lowest BCUT2D eigenvalue weighted by Gasteiger charge is -2.38. The largest absolute Gasteiger partial charge is 0.367 e. The number of hydrogen-bond acceptors (Lipinski definition) is 5. The second kappa shape index (κ2) is 16.0. The van der Waals surface area contributed by atoms with Crippen molar-refractivity contribution in [2.75, 3.05) is 5.32 Å². The van der Waals surface area contributed by atoms with Gasteiger partial charge in [-0.15, -0.1) is 0 Å². The zero-order valence-electron chi connectivity index (χ0n) is 28.5. The topological polar surface area (TPSA) is 91.0 Å². The second-order valence-corrected chi connectivity index (χ2v) is 12.2. The fraction of sp³-hybridized carbons (Fsp3) is 0.140. The van der Waals surface area contributed by atoms with E-state index < -0.39 is 5.54 Å². The van der Waals surface area contributed by atoms with Crippen molar-refractivity contribution in [3.05, 3.63) is 213 Å². The molecule has 0 aliphatic rings. The monoisotopic (exact) mass is 664 g/mol. The van der Waals surface area contributed by atoms with Gasteiger partial charge in [0, 0.05) is 29.8 Å². The first-order valence-electron chi connectivity index (χ1n) is 16.5. The molecule has 0 aliphatic heterocycles. The van der Waals surface area contributed by atoms with Gasteiger partial charge in [0.1, 0.15) is 11.4 Å². The van der Waals surface area contributed by atoms with Gasteiger partial charge in [0.2, 0.25) is 0 Å². The number of benzene rings is 5. The van der Waals surface area contributed by atoms with Crippen LogP contribution < -0.4 is 10.6 Å². The number of nitro groups is 1. The average molecular weight is 665 g/mol. The molecule has 6 nitrogen and oxygen atoms in total. The van der Waals surface area contributed by atoms with E-state index in [2.05, 4.69) is 17.2 Å². The van der Waals surface area contributed by atoms with Crippen LogP contribution in [0, 0.1) is 21.3 Å². The normalized spacial score (nSPS) is 12.4. The molecule has 0 heterocycles. The van der Waals surface area contributed by atoms with Gasteiger partial charge >= 0.3 is 0 Å². The Hall–Kier alpha value is -5.92. The summed E-state index contributed by atoms with van der Waals surface area (Å²) in [7, 11) is 0. The highest BCUT2D eigenvalue weighted by molar-refractivity contribution is 6.16. The van der Waals surface area contributed by atoms with Crippen molar-refractivity contribution in [1.82, 2.24) is 5.32 Å². The maximum atomic E-state index is 13.6. The van der Waals surface area contributed by atoms with E-state index in [0.717, 1.165) is 27.8 Å². The van der Waals surface area contributed by atoms with E-state index in [1.54, 1.807) is 24.3 Å². The summed E-state index contributed by atoms with van der Waals surface area (Å²) < 4.78 is 13.6. The number of allylic oxidation sites excluding steroid dienone is 5. The molecular weight excluding hydrogens is 623 g/mol. The van der Waals surface area contributed by atoms with Gasteiger partial charge in [0.25, 0.3) is 5.69 Å². The molecule has 1 unspecified atom stereocenters. The average Bonchev–Trinajstić information content (AvgIpc) is 3.13. The van der Waals surface area contributed by atoms with Gasteiger partial charge < -0.3 is 10.6 Å². The van der Waals surface area contributed by atoms with E-state index in [-0.39, 0.29) is 34.7 Å². The Morgan fingerprint density at radius 1 is 0.900 bits per heavy atom. The minimum Gasteiger partial charge on any atom is -0.367 e. The Morgan fingerprint density at radius 2 is 1.42 bits per heavy atom. The third kappa shape index (κ3) is 7.86. The molecule has 0 saturated heterocycles. The van der Waals surface area contributed by atoms with Gasteiger partial charge in [-0.05, 0) is 66.8 Å². The van der Waals surface area contributed by atoms with E-state index in [9.17, 15) is 19.9 Å². The summed E-state index contributed by atoms with van der Waals surface area (Å²) in [6.07, 6.45) is 5.54. The van der Waals surface area contributed by atoms with Crippen LogP contribution in [0.4, 0.5) is 15.8 Å². The second-order valence-electron chi connectivity index (χ2n) is 12.2. The number of nitro benzene ring substituents is 1. The number of nitrogens with zero attached hydrogens (tertiary/aromatic N) is 1. The van der Waals surface area contributed by atoms with Gasteiger partial charge in [-0.25, -0.2) is 4.39 Å². The number of rotatable bonds is 14. The molecule has 0 aromatic heterocycles. The molecule has 5 rings (SSSR count). The van der Waals surface area contributed by atoms with Crippen LogP contribution in [0.5, 0.6) is 0 Å². The maximum absolute atomic E-state index is 13.6. The fourth-order valence-corrected chi connectivity index (χ4v) is 6.17. The number of halogens is 1. The smallest absolute Gasteiger partial charge is 0.275 e. The zero-order valence-corrected chi connectivity index (χ0v) is 28.5. The van der Waals surface area contributed by atoms with Crippen molar-refractivity contribution in [3.8, 4) is 0 Å². The number of anilines is 1. The highest BCUT2D eigenvalue weighted by Crippen LogP contribution is 2.42. The zero-order chi connectivity index (χ0) is 35.7. The quantitative estimate of drug-likeness (QED) is 0.0362. The summed E-state index contributed by atoms with van der Waals surface area (Å²) in [6.45, 7) is 9.85. The Balaban J connectivity index is 1.75. The molecule has 1 atom stereocenters. The third-order valence-electron chi connectivity index (χ3n) is 8.63. The summed E-state index contributed by atoms with van der Waals surface area (Å²) >= 11 is 0. The summed E-state index contributed by atoms with van der Waals surface area (Å²) in [5.74, 6) is -0.333. The predicted molar refractivity (Wildman–Crippen MR) is 202 cm³/mol. The van der Waals surface area contributed by atoms with Crippen LogP contribution in [-0.4, -0.2) is 10.6 Å². The molecule has 0 aliphatic carbocycles. The van der Waals surface area contributed by atoms with Gasteiger partial charge in [0.05, 0.1) is 16.3 Å². The van der Waals surface area contributed by atoms with Gasteiger partial charge in [-0.1, -0.05) is 134 Å². The fourth-order valence-electron chi connectivity index (χ4n) is 6.17. The Kier molecular flexibility index (Phi) is 11.3. The van der Waals surface area contributed by atoms with Gasteiger partial charge in [0.15, 0.2) is 0 Å². The van der Waals surface area contributed by atoms with Crippen molar-refractivity contribution in [2.45, 2.75) is 38.9 Å². The standard InChI is InChI=1S/C43H41FN4O2/c1-5-15-33(26-30(2)3)42(45)39-27-34(29-46-31(4)32-22-24-38(44)25-23-32)41(48(49)50)28-40(39)47-43(35-16-9-6-10-17-35,36-18-11-7-12-19-36)37-20-13-8-14-21-37/h5-28,31,45-47H,2,29H2,1,3-4H3/b15-5-,33-26+,45-42?. The lowest BCUT2D eigenvalue weighted by atomic mass is 9.76. The Bertz CT molecular complexity index is 1930. The molecule has 252 valence electrons. The minimum atomic E-state index is -0.998. The summed E-state index contributed by atoms with van der Waals surface area (Å²) in [4.78, 5) is 12.4. The highest BCUT2D eigenvalue weighted by atomic mass is 19.1. The molecule has 5 aromatic rings. The molecule has 7 heteroatoms. The van der Waals surface area contributed by atoms with Gasteiger partial charge in [-0.2, -0.15) is 0 Å². The van der Waals surface area contributed by atoms with Crippen LogP contribution in [0.15, 0.2) is 163 Å². The van der Waals surface area contributed by atoms with E-state index in [4.69, 9.17) is 0 Å². The molecule has 0 fully saturated rings. The van der Waals surface area contributed by atoms with Crippen LogP contribution in [0.3, 0.4) is 0 Å². The van der Waals surface area contributed by atoms with Crippen LogP contribution in [-0.2, 0) is 12.1 Å². The van der Waals surface area contributed by atoms with Crippen molar-refractivity contribution in [1.29, 1.82) is 5.41 Å². The highest BCUT2D eigenvalue weighted by Gasteiger charge is 2.38. The van der Waals surface area contributed by atoms with Crippen LogP contribution in [0.1, 0.15) is 60.2 Å². The van der Waals surface area contributed by atoms with E-state index >= 15 is 0 Å². The van der Waals surface area contributed by atoms with Crippen molar-refractivity contribution >= 4 is 17.1 Å². The molecule has 50 heavy (non-hydrogen) atoms. The molecule has 5 aromatic carbocycles. The van der Waals surface area contributed by atoms with E-state index in [1.807, 2.05) is 130 Å². The molecule has 0 spiro atoms. The first-order chi connectivity index (χ1) is 24.1. The Morgan fingerprint density at radius 3 is 1.88 bits per heavy atom. The molecule has 0 amide bonds.